The molecule has 0 bridgehead atoms. The zero-order valence-electron chi connectivity index (χ0n) is 6.92. The van der Waals surface area contributed by atoms with Crippen LogP contribution in [-0.2, 0) is 0 Å². The number of nitrogens with zero attached hydrogens (tertiary/aromatic N) is 1. The van der Waals surface area contributed by atoms with E-state index in [1.165, 1.54) is 0 Å². The molecule has 1 unspecified atom stereocenters. The number of nitrogens with two attached hydrogens (primary N) is 1. The van der Waals surface area contributed by atoms with Gasteiger partial charge in [-0.25, -0.2) is 0 Å². The van der Waals surface area contributed by atoms with E-state index in [2.05, 4.69) is 18.2 Å². The van der Waals surface area contributed by atoms with Gasteiger partial charge in [0, 0.05) is 5.75 Å². The van der Waals surface area contributed by atoms with Gasteiger partial charge >= 0.3 is 0 Å². The van der Waals surface area contributed by atoms with E-state index < -0.39 is 0 Å². The second kappa shape index (κ2) is 5.59. The minimum Gasteiger partial charge on any atom is -0.388 e. The van der Waals surface area contributed by atoms with Crippen LogP contribution >= 0.6 is 11.8 Å². The van der Waals surface area contributed by atoms with Gasteiger partial charge in [-0.1, -0.05) is 6.92 Å². The molecule has 10 heavy (non-hydrogen) atoms. The van der Waals surface area contributed by atoms with Gasteiger partial charge in [0.15, 0.2) is 0 Å². The second-order valence-electron chi connectivity index (χ2n) is 2.29. The van der Waals surface area contributed by atoms with E-state index >= 15 is 0 Å². The van der Waals surface area contributed by atoms with E-state index in [0.717, 1.165) is 12.2 Å². The largest absolute Gasteiger partial charge is 0.388 e. The van der Waals surface area contributed by atoms with E-state index in [4.69, 9.17) is 5.73 Å². The van der Waals surface area contributed by atoms with Crippen LogP contribution in [0.4, 0.5) is 0 Å². The Morgan fingerprint density at radius 2 is 2.30 bits per heavy atom. The SMILES string of the molecule is CCC(CSC)N=C(C)N. The molecular weight excluding hydrogens is 144 g/mol. The number of hydrogen-bond donors (Lipinski definition) is 1. The van der Waals surface area contributed by atoms with Crippen LogP contribution in [0.1, 0.15) is 20.3 Å². The summed E-state index contributed by atoms with van der Waals surface area (Å²) in [6.45, 7) is 3.97. The fraction of sp³-hybridized carbons (Fsp3) is 0.857. The average Bonchev–Trinajstić information content (AvgIpc) is 1.86. The van der Waals surface area contributed by atoms with Gasteiger partial charge in [0.25, 0.3) is 0 Å². The number of amidine groups is 1. The first-order valence-electron chi connectivity index (χ1n) is 3.49. The lowest BCUT2D eigenvalue weighted by molar-refractivity contribution is 0.726. The van der Waals surface area contributed by atoms with Crippen LogP contribution in [0.3, 0.4) is 0 Å². The van der Waals surface area contributed by atoms with Crippen LogP contribution in [0.2, 0.25) is 0 Å². The monoisotopic (exact) mass is 160 g/mol. The van der Waals surface area contributed by atoms with Gasteiger partial charge in [-0.05, 0) is 19.6 Å². The van der Waals surface area contributed by atoms with Gasteiger partial charge in [-0.3, -0.25) is 4.99 Å². The molecule has 0 aromatic heterocycles. The van der Waals surface area contributed by atoms with Crippen molar-refractivity contribution in [3.05, 3.63) is 0 Å². The molecule has 0 fully saturated rings. The highest BCUT2D eigenvalue weighted by atomic mass is 32.2. The zero-order chi connectivity index (χ0) is 7.98. The van der Waals surface area contributed by atoms with E-state index in [0.29, 0.717) is 11.9 Å². The first kappa shape index (κ1) is 9.82. The fourth-order valence-electron chi connectivity index (χ4n) is 0.727. The Hall–Kier alpha value is -0.180. The van der Waals surface area contributed by atoms with Gasteiger partial charge < -0.3 is 5.73 Å². The predicted molar refractivity (Wildman–Crippen MR) is 49.8 cm³/mol. The van der Waals surface area contributed by atoms with E-state index in [9.17, 15) is 0 Å². The normalized spacial score (nSPS) is 15.3. The molecule has 0 heterocycles. The Morgan fingerprint density at radius 3 is 2.60 bits per heavy atom. The standard InChI is InChI=1S/C7H16N2S/c1-4-7(5-10-3)9-6(2)8/h7H,4-5H2,1-3H3,(H2,8,9). The van der Waals surface area contributed by atoms with Gasteiger partial charge in [-0.2, -0.15) is 11.8 Å². The summed E-state index contributed by atoms with van der Waals surface area (Å²) in [6.07, 6.45) is 3.17. The molecule has 0 amide bonds. The van der Waals surface area contributed by atoms with Crippen LogP contribution in [0, 0.1) is 0 Å². The summed E-state index contributed by atoms with van der Waals surface area (Å²) in [5.74, 6) is 1.77. The molecule has 60 valence electrons. The van der Waals surface area contributed by atoms with E-state index in [1.54, 1.807) is 0 Å². The third-order valence-corrected chi connectivity index (χ3v) is 1.93. The lowest BCUT2D eigenvalue weighted by Gasteiger charge is -2.07. The smallest absolute Gasteiger partial charge is 0.0909 e. The van der Waals surface area contributed by atoms with Gasteiger partial charge in [0.05, 0.1) is 11.9 Å². The average molecular weight is 160 g/mol. The van der Waals surface area contributed by atoms with Crippen molar-refractivity contribution in [1.29, 1.82) is 0 Å². The summed E-state index contributed by atoms with van der Waals surface area (Å²) in [7, 11) is 0. The van der Waals surface area contributed by atoms with Gasteiger partial charge in [0.2, 0.25) is 0 Å². The molecule has 0 saturated heterocycles. The summed E-state index contributed by atoms with van der Waals surface area (Å²) >= 11 is 1.81. The van der Waals surface area contributed by atoms with E-state index in [-0.39, 0.29) is 0 Å². The van der Waals surface area contributed by atoms with Crippen molar-refractivity contribution < 1.29 is 0 Å². The highest BCUT2D eigenvalue weighted by molar-refractivity contribution is 7.98. The van der Waals surface area contributed by atoms with Crippen molar-refractivity contribution in [2.75, 3.05) is 12.0 Å². The molecule has 2 nitrogen and oxygen atoms in total. The lowest BCUT2D eigenvalue weighted by atomic mass is 10.3. The van der Waals surface area contributed by atoms with Crippen LogP contribution < -0.4 is 5.73 Å². The van der Waals surface area contributed by atoms with Crippen LogP contribution in [-0.4, -0.2) is 23.9 Å². The molecule has 0 saturated carbocycles. The Morgan fingerprint density at radius 1 is 1.70 bits per heavy atom. The van der Waals surface area contributed by atoms with Crippen molar-refractivity contribution in [3.63, 3.8) is 0 Å². The van der Waals surface area contributed by atoms with Crippen molar-refractivity contribution in [2.24, 2.45) is 10.7 Å². The molecule has 0 aliphatic rings. The highest BCUT2D eigenvalue weighted by Crippen LogP contribution is 2.04. The summed E-state index contributed by atoms with van der Waals surface area (Å²) in [6, 6.07) is 0.417. The summed E-state index contributed by atoms with van der Waals surface area (Å²) in [5.41, 5.74) is 5.44. The molecule has 0 rings (SSSR count). The molecule has 3 heteroatoms. The van der Waals surface area contributed by atoms with Crippen molar-refractivity contribution in [3.8, 4) is 0 Å². The molecule has 0 aliphatic heterocycles. The molecule has 2 N–H and O–H groups in total. The fourth-order valence-corrected chi connectivity index (χ4v) is 1.42. The number of aliphatic imine (C=N–C) groups is 1. The maximum absolute atomic E-state index is 5.44. The lowest BCUT2D eigenvalue weighted by Crippen LogP contribution is -2.14. The molecule has 1 atom stereocenters. The Labute approximate surface area is 67.3 Å². The number of hydrogen-bond acceptors (Lipinski definition) is 2. The summed E-state index contributed by atoms with van der Waals surface area (Å²) in [5, 5.41) is 0. The third kappa shape index (κ3) is 4.68. The maximum atomic E-state index is 5.44. The third-order valence-electron chi connectivity index (χ3n) is 1.22. The quantitative estimate of drug-likeness (QED) is 0.500. The first-order valence-corrected chi connectivity index (χ1v) is 4.88. The van der Waals surface area contributed by atoms with Crippen molar-refractivity contribution in [2.45, 2.75) is 26.3 Å². The van der Waals surface area contributed by atoms with Crippen molar-refractivity contribution in [1.82, 2.24) is 0 Å². The second-order valence-corrected chi connectivity index (χ2v) is 3.20. The molecular formula is C7H16N2S. The van der Waals surface area contributed by atoms with Crippen LogP contribution in [0.25, 0.3) is 0 Å². The van der Waals surface area contributed by atoms with Crippen LogP contribution in [0.15, 0.2) is 4.99 Å². The number of thioether (sulfide) groups is 1. The predicted octanol–water partition coefficient (Wildman–Crippen LogP) is 1.51. The molecule has 0 aromatic carbocycles. The number of rotatable bonds is 4. The summed E-state index contributed by atoms with van der Waals surface area (Å²) in [4.78, 5) is 4.26. The zero-order valence-corrected chi connectivity index (χ0v) is 7.74. The molecule has 0 aliphatic carbocycles. The summed E-state index contributed by atoms with van der Waals surface area (Å²) < 4.78 is 0. The first-order chi connectivity index (χ1) is 4.70. The minimum absolute atomic E-state index is 0.417. The molecule has 0 spiro atoms. The van der Waals surface area contributed by atoms with Gasteiger partial charge in [-0.15, -0.1) is 0 Å². The molecule has 0 radical (unpaired) electrons. The van der Waals surface area contributed by atoms with Crippen LogP contribution in [0.5, 0.6) is 0 Å². The van der Waals surface area contributed by atoms with Crippen molar-refractivity contribution >= 4 is 17.6 Å². The topological polar surface area (TPSA) is 38.4 Å². The minimum atomic E-state index is 0.417. The molecule has 0 aromatic rings. The highest BCUT2D eigenvalue weighted by Gasteiger charge is 2.00. The van der Waals surface area contributed by atoms with E-state index in [1.807, 2.05) is 18.7 Å². The maximum Gasteiger partial charge on any atom is 0.0909 e. The Bertz CT molecular complexity index is 108. The van der Waals surface area contributed by atoms with Gasteiger partial charge in [0.1, 0.15) is 0 Å². The Balaban J connectivity index is 3.71. The Kier molecular flexibility index (Phi) is 5.49.